The van der Waals surface area contributed by atoms with E-state index in [-0.39, 0.29) is 37.8 Å². The Hall–Kier alpha value is 0.665. The van der Waals surface area contributed by atoms with Crippen LogP contribution >= 0.6 is 0 Å². The SMILES string of the molecule is CCCCCCCCCCCCCCCCCC(=O)O.[Co].[Mo]. The molecule has 0 unspecified atom stereocenters. The van der Waals surface area contributed by atoms with E-state index in [0.717, 1.165) is 12.8 Å². The van der Waals surface area contributed by atoms with Crippen LogP contribution in [0.1, 0.15) is 110 Å². The maximum Gasteiger partial charge on any atom is 0.303 e. The molecule has 0 aromatic heterocycles. The number of rotatable bonds is 16. The zero-order chi connectivity index (χ0) is 14.9. The van der Waals surface area contributed by atoms with E-state index in [0.29, 0.717) is 6.42 Å². The molecule has 0 aliphatic heterocycles. The van der Waals surface area contributed by atoms with Crippen LogP contribution in [0.25, 0.3) is 0 Å². The molecule has 1 radical (unpaired) electrons. The molecule has 0 fully saturated rings. The van der Waals surface area contributed by atoms with Crippen LogP contribution in [0, 0.1) is 0 Å². The maximum atomic E-state index is 10.3. The van der Waals surface area contributed by atoms with Crippen LogP contribution in [0.2, 0.25) is 0 Å². The monoisotopic (exact) mass is 441 g/mol. The first-order valence-corrected chi connectivity index (χ1v) is 8.99. The second kappa shape index (κ2) is 23.9. The van der Waals surface area contributed by atoms with Gasteiger partial charge in [0.05, 0.1) is 0 Å². The fourth-order valence-electron chi connectivity index (χ4n) is 2.65. The van der Waals surface area contributed by atoms with Crippen LogP contribution < -0.4 is 0 Å². The van der Waals surface area contributed by atoms with Gasteiger partial charge in [0, 0.05) is 44.3 Å². The quantitative estimate of drug-likeness (QED) is 0.226. The summed E-state index contributed by atoms with van der Waals surface area (Å²) in [6.07, 6.45) is 20.2. The fraction of sp³-hybridized carbons (Fsp3) is 0.944. The van der Waals surface area contributed by atoms with Crippen molar-refractivity contribution in [1.29, 1.82) is 0 Å². The zero-order valence-corrected chi connectivity index (χ0v) is 17.5. The third-order valence-corrected chi connectivity index (χ3v) is 3.99. The van der Waals surface area contributed by atoms with E-state index in [1.54, 1.807) is 0 Å². The molecule has 0 saturated carbocycles. The van der Waals surface area contributed by atoms with Crippen LogP contribution in [0.15, 0.2) is 0 Å². The predicted molar refractivity (Wildman–Crippen MR) is 87.2 cm³/mol. The summed E-state index contributed by atoms with van der Waals surface area (Å²) in [7, 11) is 0. The Bertz CT molecular complexity index is 213. The van der Waals surface area contributed by atoms with Crippen molar-refractivity contribution in [2.45, 2.75) is 110 Å². The van der Waals surface area contributed by atoms with Gasteiger partial charge in [-0.15, -0.1) is 0 Å². The third-order valence-electron chi connectivity index (χ3n) is 3.99. The number of hydrogen-bond donors (Lipinski definition) is 1. The van der Waals surface area contributed by atoms with Crippen molar-refractivity contribution >= 4 is 5.97 Å². The molecule has 0 aliphatic carbocycles. The molecular formula is C18H36CoMoO2. The normalized spacial score (nSPS) is 9.86. The Morgan fingerprint density at radius 1 is 0.636 bits per heavy atom. The summed E-state index contributed by atoms with van der Waals surface area (Å²) in [6, 6.07) is 0. The first-order valence-electron chi connectivity index (χ1n) is 8.99. The van der Waals surface area contributed by atoms with Gasteiger partial charge >= 0.3 is 5.97 Å². The van der Waals surface area contributed by atoms with Crippen LogP contribution in [-0.2, 0) is 42.6 Å². The van der Waals surface area contributed by atoms with Gasteiger partial charge in [0.1, 0.15) is 0 Å². The van der Waals surface area contributed by atoms with Crippen LogP contribution in [-0.4, -0.2) is 11.1 Å². The van der Waals surface area contributed by atoms with Crippen molar-refractivity contribution in [3.8, 4) is 0 Å². The summed E-state index contributed by atoms with van der Waals surface area (Å²) in [4.78, 5) is 10.3. The average molecular weight is 439 g/mol. The molecule has 0 amide bonds. The summed E-state index contributed by atoms with van der Waals surface area (Å²) in [5.74, 6) is -0.653. The molecule has 135 valence electrons. The van der Waals surface area contributed by atoms with E-state index < -0.39 is 5.97 Å². The zero-order valence-electron chi connectivity index (χ0n) is 14.4. The number of hydrogen-bond acceptors (Lipinski definition) is 1. The van der Waals surface area contributed by atoms with Gasteiger partial charge < -0.3 is 5.11 Å². The minimum absolute atomic E-state index is 0. The number of carboxylic acid groups (broad SMARTS) is 1. The Balaban J connectivity index is -0.00000180. The largest absolute Gasteiger partial charge is 0.481 e. The Kier molecular flexibility index (Phi) is 29.9. The molecule has 0 rings (SSSR count). The molecule has 1 N–H and O–H groups in total. The summed E-state index contributed by atoms with van der Waals surface area (Å²) in [5.41, 5.74) is 0. The minimum Gasteiger partial charge on any atom is -0.481 e. The van der Waals surface area contributed by atoms with Crippen molar-refractivity contribution in [1.82, 2.24) is 0 Å². The van der Waals surface area contributed by atoms with Crippen LogP contribution in [0.5, 0.6) is 0 Å². The van der Waals surface area contributed by atoms with Gasteiger partial charge in [-0.2, -0.15) is 0 Å². The fourth-order valence-corrected chi connectivity index (χ4v) is 2.65. The van der Waals surface area contributed by atoms with E-state index >= 15 is 0 Å². The van der Waals surface area contributed by atoms with Crippen molar-refractivity contribution in [3.63, 3.8) is 0 Å². The van der Waals surface area contributed by atoms with Crippen molar-refractivity contribution in [2.24, 2.45) is 0 Å². The van der Waals surface area contributed by atoms with Gasteiger partial charge in [-0.25, -0.2) is 0 Å². The van der Waals surface area contributed by atoms with E-state index in [2.05, 4.69) is 6.92 Å². The minimum atomic E-state index is -0.653. The van der Waals surface area contributed by atoms with E-state index in [1.165, 1.54) is 83.5 Å². The first kappa shape index (κ1) is 27.5. The average Bonchev–Trinajstić information content (AvgIpc) is 2.43. The molecule has 22 heavy (non-hydrogen) atoms. The molecule has 0 aromatic carbocycles. The summed E-state index contributed by atoms with van der Waals surface area (Å²) >= 11 is 0. The Labute approximate surface area is 163 Å². The summed E-state index contributed by atoms with van der Waals surface area (Å²) in [5, 5.41) is 8.52. The Morgan fingerprint density at radius 2 is 0.909 bits per heavy atom. The molecule has 0 atom stereocenters. The predicted octanol–water partition coefficient (Wildman–Crippen LogP) is 6.33. The molecule has 0 saturated heterocycles. The number of unbranched alkanes of at least 4 members (excludes halogenated alkanes) is 14. The van der Waals surface area contributed by atoms with Gasteiger partial charge in [0.15, 0.2) is 0 Å². The second-order valence-corrected chi connectivity index (χ2v) is 6.09. The van der Waals surface area contributed by atoms with E-state index in [1.807, 2.05) is 0 Å². The number of carbonyl (C=O) groups is 1. The molecular weight excluding hydrogens is 403 g/mol. The smallest absolute Gasteiger partial charge is 0.303 e. The van der Waals surface area contributed by atoms with Gasteiger partial charge in [0.25, 0.3) is 0 Å². The molecule has 4 heteroatoms. The topological polar surface area (TPSA) is 37.3 Å². The summed E-state index contributed by atoms with van der Waals surface area (Å²) < 4.78 is 0. The third kappa shape index (κ3) is 25.6. The molecule has 0 bridgehead atoms. The number of aliphatic carboxylic acids is 1. The van der Waals surface area contributed by atoms with Gasteiger partial charge in [0.2, 0.25) is 0 Å². The molecule has 0 aliphatic rings. The van der Waals surface area contributed by atoms with Crippen molar-refractivity contribution in [2.75, 3.05) is 0 Å². The van der Waals surface area contributed by atoms with Gasteiger partial charge in [-0.05, 0) is 6.42 Å². The summed E-state index contributed by atoms with van der Waals surface area (Å²) in [6.45, 7) is 2.27. The first-order chi connectivity index (χ1) is 9.77. The van der Waals surface area contributed by atoms with E-state index in [4.69, 9.17) is 5.11 Å². The number of carboxylic acids is 1. The van der Waals surface area contributed by atoms with Gasteiger partial charge in [-0.3, -0.25) is 4.79 Å². The maximum absolute atomic E-state index is 10.3. The molecule has 0 spiro atoms. The second-order valence-electron chi connectivity index (χ2n) is 6.09. The van der Waals surface area contributed by atoms with Crippen LogP contribution in [0.3, 0.4) is 0 Å². The molecule has 2 nitrogen and oxygen atoms in total. The standard InChI is InChI=1S/C18H36O2.Co.Mo/c1-2-3-4-5-6-7-8-9-10-11-12-13-14-15-16-17-18(19)20;;/h2-17H2,1H3,(H,19,20);;. The molecule has 0 heterocycles. The van der Waals surface area contributed by atoms with Crippen LogP contribution in [0.4, 0.5) is 0 Å². The van der Waals surface area contributed by atoms with E-state index in [9.17, 15) is 4.79 Å². The van der Waals surface area contributed by atoms with Gasteiger partial charge in [-0.1, -0.05) is 96.8 Å². The van der Waals surface area contributed by atoms with Crippen molar-refractivity contribution in [3.05, 3.63) is 0 Å². The van der Waals surface area contributed by atoms with Crippen molar-refractivity contribution < 1.29 is 47.7 Å². The Morgan fingerprint density at radius 3 is 1.18 bits per heavy atom. The molecule has 0 aromatic rings.